The number of nitrogens with one attached hydrogen (secondary N) is 1. The van der Waals surface area contributed by atoms with E-state index in [2.05, 4.69) is 32.9 Å². The summed E-state index contributed by atoms with van der Waals surface area (Å²) < 4.78 is 0.978. The second-order valence-corrected chi connectivity index (χ2v) is 7.37. The number of hydrogen-bond acceptors (Lipinski definition) is 4. The number of phenols is 1. The molecule has 116 valence electrons. The number of rotatable bonds is 2. The van der Waals surface area contributed by atoms with E-state index in [0.29, 0.717) is 26.3 Å². The number of nitrogens with zero attached hydrogens (tertiary/aromatic N) is 1. The molecule has 1 aliphatic rings. The average molecular weight is 457 g/mol. The molecule has 1 aliphatic heterocycles. The topological polar surface area (TPSA) is 61.7 Å². The number of thioether (sulfide) groups is 1. The van der Waals surface area contributed by atoms with Crippen molar-refractivity contribution in [2.45, 2.75) is 0 Å². The summed E-state index contributed by atoms with van der Waals surface area (Å²) >= 11 is 9.22. The number of carbonyl (C=O) groups excluding carboxylic acids is 1. The van der Waals surface area contributed by atoms with Crippen molar-refractivity contribution in [3.05, 3.63) is 61.5 Å². The van der Waals surface area contributed by atoms with Crippen molar-refractivity contribution in [2.75, 3.05) is 0 Å². The fourth-order valence-corrected chi connectivity index (χ4v) is 3.37. The Morgan fingerprint density at radius 1 is 1.22 bits per heavy atom. The molecule has 23 heavy (non-hydrogen) atoms. The van der Waals surface area contributed by atoms with Crippen molar-refractivity contribution >= 4 is 68.8 Å². The first-order valence-corrected chi connectivity index (χ1v) is 8.82. The first-order chi connectivity index (χ1) is 11.0. The SMILES string of the molecule is O=C1NC(=Nc2ccc(Cl)cc2)S/C1=C\c1cc(I)ccc1O. The van der Waals surface area contributed by atoms with E-state index < -0.39 is 0 Å². The third kappa shape index (κ3) is 4.07. The van der Waals surface area contributed by atoms with Crippen LogP contribution in [-0.2, 0) is 4.79 Å². The summed E-state index contributed by atoms with van der Waals surface area (Å²) in [5, 5.41) is 13.7. The number of aliphatic imine (C=N–C) groups is 1. The molecule has 1 amide bonds. The fourth-order valence-electron chi connectivity index (χ4n) is 1.90. The van der Waals surface area contributed by atoms with E-state index in [-0.39, 0.29) is 11.7 Å². The second kappa shape index (κ2) is 6.94. The Morgan fingerprint density at radius 3 is 2.70 bits per heavy atom. The van der Waals surface area contributed by atoms with E-state index in [4.69, 9.17) is 11.6 Å². The molecule has 2 aromatic carbocycles. The van der Waals surface area contributed by atoms with Crippen molar-refractivity contribution in [3.8, 4) is 5.75 Å². The van der Waals surface area contributed by atoms with Gasteiger partial charge < -0.3 is 10.4 Å². The van der Waals surface area contributed by atoms with Crippen LogP contribution in [0.15, 0.2) is 52.4 Å². The predicted molar refractivity (Wildman–Crippen MR) is 103 cm³/mol. The van der Waals surface area contributed by atoms with E-state index >= 15 is 0 Å². The highest BCUT2D eigenvalue weighted by molar-refractivity contribution is 14.1. The molecule has 2 N–H and O–H groups in total. The predicted octanol–water partition coefficient (Wildman–Crippen LogP) is 4.54. The molecule has 0 unspecified atom stereocenters. The first kappa shape index (κ1) is 16.4. The molecule has 4 nitrogen and oxygen atoms in total. The van der Waals surface area contributed by atoms with Crippen LogP contribution in [0.25, 0.3) is 6.08 Å². The number of carbonyl (C=O) groups is 1. The lowest BCUT2D eigenvalue weighted by Gasteiger charge is -2.00. The molecular formula is C16H10ClIN2O2S. The molecule has 0 bridgehead atoms. The zero-order chi connectivity index (χ0) is 16.4. The summed E-state index contributed by atoms with van der Waals surface area (Å²) in [6.45, 7) is 0. The highest BCUT2D eigenvalue weighted by Crippen LogP contribution is 2.31. The normalized spacial score (nSPS) is 17.7. The molecule has 2 aromatic rings. The highest BCUT2D eigenvalue weighted by atomic mass is 127. The van der Waals surface area contributed by atoms with Crippen molar-refractivity contribution < 1.29 is 9.90 Å². The lowest BCUT2D eigenvalue weighted by Crippen LogP contribution is -2.19. The summed E-state index contributed by atoms with van der Waals surface area (Å²) in [5.41, 5.74) is 1.30. The molecule has 1 fully saturated rings. The maximum absolute atomic E-state index is 12.0. The highest BCUT2D eigenvalue weighted by Gasteiger charge is 2.24. The van der Waals surface area contributed by atoms with Crippen molar-refractivity contribution in [1.82, 2.24) is 5.32 Å². The minimum absolute atomic E-state index is 0.134. The monoisotopic (exact) mass is 456 g/mol. The van der Waals surface area contributed by atoms with Crippen molar-refractivity contribution in [2.24, 2.45) is 4.99 Å². The van der Waals surface area contributed by atoms with Gasteiger partial charge in [-0.25, -0.2) is 4.99 Å². The second-order valence-electron chi connectivity index (χ2n) is 4.66. The van der Waals surface area contributed by atoms with Gasteiger partial charge in [0.1, 0.15) is 5.75 Å². The van der Waals surface area contributed by atoms with Crippen LogP contribution in [0.3, 0.4) is 0 Å². The van der Waals surface area contributed by atoms with Gasteiger partial charge in [-0.3, -0.25) is 4.79 Å². The molecule has 1 saturated heterocycles. The van der Waals surface area contributed by atoms with Gasteiger partial charge in [0, 0.05) is 14.2 Å². The van der Waals surface area contributed by atoms with E-state index in [1.807, 2.05) is 6.07 Å². The van der Waals surface area contributed by atoms with Gasteiger partial charge in [0.05, 0.1) is 10.6 Å². The van der Waals surface area contributed by atoms with Crippen LogP contribution in [0.1, 0.15) is 5.56 Å². The summed E-state index contributed by atoms with van der Waals surface area (Å²) in [6, 6.07) is 12.2. The van der Waals surface area contributed by atoms with Gasteiger partial charge in [-0.05, 0) is 82.9 Å². The number of amides is 1. The van der Waals surface area contributed by atoms with Gasteiger partial charge in [-0.2, -0.15) is 0 Å². The smallest absolute Gasteiger partial charge is 0.264 e. The van der Waals surface area contributed by atoms with Gasteiger partial charge in [-0.15, -0.1) is 0 Å². The van der Waals surface area contributed by atoms with Crippen LogP contribution in [-0.4, -0.2) is 16.2 Å². The molecule has 3 rings (SSSR count). The van der Waals surface area contributed by atoms with Crippen molar-refractivity contribution in [1.29, 1.82) is 0 Å². The fraction of sp³-hybridized carbons (Fsp3) is 0. The molecule has 0 spiro atoms. The zero-order valence-electron chi connectivity index (χ0n) is 11.6. The van der Waals surface area contributed by atoms with Crippen LogP contribution in [0.5, 0.6) is 5.75 Å². The molecule has 7 heteroatoms. The Labute approximate surface area is 155 Å². The summed E-state index contributed by atoms with van der Waals surface area (Å²) in [5.74, 6) is -0.101. The van der Waals surface area contributed by atoms with E-state index in [1.165, 1.54) is 11.8 Å². The number of phenolic OH excluding ortho intramolecular Hbond substituents is 1. The number of halogens is 2. The van der Waals surface area contributed by atoms with E-state index in [1.54, 1.807) is 42.5 Å². The lowest BCUT2D eigenvalue weighted by atomic mass is 10.2. The van der Waals surface area contributed by atoms with Gasteiger partial charge in [0.2, 0.25) is 0 Å². The van der Waals surface area contributed by atoms with Gasteiger partial charge >= 0.3 is 0 Å². The third-order valence-corrected chi connectivity index (χ3v) is 4.82. The summed E-state index contributed by atoms with van der Waals surface area (Å²) in [7, 11) is 0. The van der Waals surface area contributed by atoms with Crippen LogP contribution in [0.4, 0.5) is 5.69 Å². The minimum Gasteiger partial charge on any atom is -0.507 e. The number of hydrogen-bond donors (Lipinski definition) is 2. The number of benzene rings is 2. The molecule has 0 aromatic heterocycles. The average Bonchev–Trinajstić information content (AvgIpc) is 2.85. The van der Waals surface area contributed by atoms with E-state index in [9.17, 15) is 9.90 Å². The van der Waals surface area contributed by atoms with Gasteiger partial charge in [0.25, 0.3) is 5.91 Å². The largest absolute Gasteiger partial charge is 0.507 e. The summed E-state index contributed by atoms with van der Waals surface area (Å²) in [6.07, 6.45) is 1.65. The Balaban J connectivity index is 1.86. The van der Waals surface area contributed by atoms with Crippen LogP contribution in [0, 0.1) is 3.57 Å². The third-order valence-electron chi connectivity index (χ3n) is 2.98. The molecular weight excluding hydrogens is 447 g/mol. The lowest BCUT2D eigenvalue weighted by molar-refractivity contribution is -0.115. The summed E-state index contributed by atoms with van der Waals surface area (Å²) in [4.78, 5) is 16.9. The first-order valence-electron chi connectivity index (χ1n) is 6.55. The molecule has 0 radical (unpaired) electrons. The van der Waals surface area contributed by atoms with Gasteiger partial charge in [-0.1, -0.05) is 11.6 Å². The van der Waals surface area contributed by atoms with Crippen LogP contribution < -0.4 is 5.32 Å². The zero-order valence-corrected chi connectivity index (χ0v) is 15.3. The van der Waals surface area contributed by atoms with E-state index in [0.717, 1.165) is 3.57 Å². The Morgan fingerprint density at radius 2 is 1.96 bits per heavy atom. The van der Waals surface area contributed by atoms with Gasteiger partial charge in [0.15, 0.2) is 5.17 Å². The Kier molecular flexibility index (Phi) is 4.93. The Hall–Kier alpha value is -1.51. The maximum Gasteiger partial charge on any atom is 0.264 e. The molecule has 1 heterocycles. The molecule has 0 aliphatic carbocycles. The Bertz CT molecular complexity index is 834. The van der Waals surface area contributed by atoms with Crippen LogP contribution in [0.2, 0.25) is 5.02 Å². The number of amidine groups is 1. The standard InChI is InChI=1S/C16H10ClIN2O2S/c17-10-1-4-12(5-2-10)19-16-20-15(22)14(23-16)8-9-7-11(18)3-6-13(9)21/h1-8,21H,(H,19,20,22)/b14-8-. The number of aromatic hydroxyl groups is 1. The minimum atomic E-state index is -0.235. The van der Waals surface area contributed by atoms with Crippen LogP contribution >= 0.6 is 46.0 Å². The quantitative estimate of drug-likeness (QED) is 0.515. The molecule has 0 saturated carbocycles. The maximum atomic E-state index is 12.0. The van der Waals surface area contributed by atoms with Crippen molar-refractivity contribution in [3.63, 3.8) is 0 Å². The molecule has 0 atom stereocenters.